The van der Waals surface area contributed by atoms with Gasteiger partial charge in [0, 0.05) is 9.50 Å². The minimum absolute atomic E-state index is 0.143. The lowest BCUT2D eigenvalue weighted by atomic mass is 10.2. The molecule has 0 saturated carbocycles. The molecule has 0 fully saturated rings. The maximum atomic E-state index is 12.1. The van der Waals surface area contributed by atoms with Crippen molar-refractivity contribution in [1.29, 1.82) is 0 Å². The molecule has 0 aliphatic rings. The van der Waals surface area contributed by atoms with Crippen molar-refractivity contribution in [1.82, 2.24) is 9.97 Å². The highest BCUT2D eigenvalue weighted by atomic mass is 79.9. The van der Waals surface area contributed by atoms with E-state index in [9.17, 15) is 4.79 Å². The van der Waals surface area contributed by atoms with Gasteiger partial charge in [0.05, 0.1) is 18.1 Å². The van der Waals surface area contributed by atoms with Gasteiger partial charge < -0.3 is 10.7 Å². The summed E-state index contributed by atoms with van der Waals surface area (Å²) in [5.41, 5.74) is 3.93. The first-order chi connectivity index (χ1) is 9.51. The second-order valence-corrected chi connectivity index (χ2v) is 5.23. The van der Waals surface area contributed by atoms with E-state index in [0.29, 0.717) is 16.5 Å². The zero-order chi connectivity index (χ0) is 14.7. The Kier molecular flexibility index (Phi) is 4.53. The second kappa shape index (κ2) is 6.17. The molecule has 20 heavy (non-hydrogen) atoms. The predicted octanol–water partition coefficient (Wildman–Crippen LogP) is 2.74. The van der Waals surface area contributed by atoms with Gasteiger partial charge in [-0.1, -0.05) is 11.6 Å². The first kappa shape index (κ1) is 14.7. The monoisotopic (exact) mass is 355 g/mol. The Labute approximate surface area is 128 Å². The van der Waals surface area contributed by atoms with Crippen LogP contribution in [0.2, 0.25) is 5.02 Å². The molecule has 0 aliphatic heterocycles. The van der Waals surface area contributed by atoms with E-state index in [1.807, 2.05) is 13.0 Å². The zero-order valence-corrected chi connectivity index (χ0v) is 12.8. The quantitative estimate of drug-likeness (QED) is 0.581. The average Bonchev–Trinajstić information content (AvgIpc) is 2.44. The highest BCUT2D eigenvalue weighted by molar-refractivity contribution is 9.10. The number of aromatic nitrogens is 2. The largest absolute Gasteiger partial charge is 0.320 e. The number of aryl methyl sites for hydroxylation is 1. The molecule has 0 unspecified atom stereocenters. The standard InChI is InChI=1S/C12H11BrClN5O/c1-6-2-7(13)9(3-8(6)14)18-12(20)10-4-16-5-11(17-10)19-15/h2-5H,15H2,1H3,(H,17,19)(H,18,20). The molecule has 104 valence electrons. The van der Waals surface area contributed by atoms with Gasteiger partial charge in [-0.15, -0.1) is 0 Å². The number of nitrogens with two attached hydrogens (primary N) is 1. The number of carbonyl (C=O) groups excluding carboxylic acids is 1. The van der Waals surface area contributed by atoms with Gasteiger partial charge in [0.25, 0.3) is 5.91 Å². The molecule has 0 radical (unpaired) electrons. The second-order valence-electron chi connectivity index (χ2n) is 3.97. The van der Waals surface area contributed by atoms with Crippen molar-refractivity contribution < 1.29 is 4.79 Å². The average molecular weight is 357 g/mol. The Bertz CT molecular complexity index is 664. The van der Waals surface area contributed by atoms with E-state index in [4.69, 9.17) is 17.4 Å². The van der Waals surface area contributed by atoms with Crippen LogP contribution in [0.3, 0.4) is 0 Å². The summed E-state index contributed by atoms with van der Waals surface area (Å²) >= 11 is 9.41. The Morgan fingerprint density at radius 2 is 2.15 bits per heavy atom. The van der Waals surface area contributed by atoms with Gasteiger partial charge in [0.1, 0.15) is 5.69 Å². The molecule has 0 aliphatic carbocycles. The number of hydrogen-bond donors (Lipinski definition) is 3. The van der Waals surface area contributed by atoms with Crippen molar-refractivity contribution in [2.24, 2.45) is 5.84 Å². The molecule has 1 heterocycles. The lowest BCUT2D eigenvalue weighted by Crippen LogP contribution is -2.17. The maximum absolute atomic E-state index is 12.1. The number of hydrogen-bond acceptors (Lipinski definition) is 5. The van der Waals surface area contributed by atoms with E-state index in [1.165, 1.54) is 12.4 Å². The van der Waals surface area contributed by atoms with E-state index in [0.717, 1.165) is 10.0 Å². The summed E-state index contributed by atoms with van der Waals surface area (Å²) in [5, 5.41) is 3.27. The summed E-state index contributed by atoms with van der Waals surface area (Å²) in [5.74, 6) is 5.12. The molecule has 0 atom stereocenters. The predicted molar refractivity (Wildman–Crippen MR) is 81.7 cm³/mol. The summed E-state index contributed by atoms with van der Waals surface area (Å²) in [6.45, 7) is 1.88. The van der Waals surface area contributed by atoms with Crippen LogP contribution < -0.4 is 16.6 Å². The van der Waals surface area contributed by atoms with Crippen LogP contribution in [0.1, 0.15) is 16.1 Å². The van der Waals surface area contributed by atoms with Crippen molar-refractivity contribution in [3.8, 4) is 0 Å². The van der Waals surface area contributed by atoms with Crippen molar-refractivity contribution in [3.63, 3.8) is 0 Å². The minimum Gasteiger partial charge on any atom is -0.320 e. The highest BCUT2D eigenvalue weighted by Gasteiger charge is 2.12. The van der Waals surface area contributed by atoms with Gasteiger partial charge in [-0.3, -0.25) is 9.78 Å². The number of anilines is 2. The van der Waals surface area contributed by atoms with Gasteiger partial charge in [-0.2, -0.15) is 0 Å². The van der Waals surface area contributed by atoms with Crippen LogP contribution in [-0.4, -0.2) is 15.9 Å². The molecule has 0 spiro atoms. The summed E-state index contributed by atoms with van der Waals surface area (Å²) in [6.07, 6.45) is 2.76. The summed E-state index contributed by atoms with van der Waals surface area (Å²) < 4.78 is 0.730. The minimum atomic E-state index is -0.407. The van der Waals surface area contributed by atoms with Gasteiger partial charge in [-0.05, 0) is 40.5 Å². The van der Waals surface area contributed by atoms with Crippen LogP contribution in [-0.2, 0) is 0 Å². The Morgan fingerprint density at radius 3 is 2.85 bits per heavy atom. The van der Waals surface area contributed by atoms with Crippen molar-refractivity contribution in [3.05, 3.63) is 45.3 Å². The van der Waals surface area contributed by atoms with Crippen molar-refractivity contribution in [2.75, 3.05) is 10.7 Å². The molecule has 0 saturated heterocycles. The summed E-state index contributed by atoms with van der Waals surface area (Å²) in [7, 11) is 0. The number of benzene rings is 1. The van der Waals surface area contributed by atoms with E-state index in [-0.39, 0.29) is 5.69 Å². The molecule has 8 heteroatoms. The molecule has 1 aromatic carbocycles. The van der Waals surface area contributed by atoms with Crippen LogP contribution in [0, 0.1) is 6.92 Å². The lowest BCUT2D eigenvalue weighted by molar-refractivity contribution is 0.102. The molecular weight excluding hydrogens is 346 g/mol. The van der Waals surface area contributed by atoms with E-state index in [2.05, 4.69) is 36.6 Å². The molecule has 2 rings (SSSR count). The Balaban J connectivity index is 2.25. The number of carbonyl (C=O) groups is 1. The van der Waals surface area contributed by atoms with Crippen molar-refractivity contribution in [2.45, 2.75) is 6.92 Å². The SMILES string of the molecule is Cc1cc(Br)c(NC(=O)c2cncc(NN)n2)cc1Cl. The summed E-state index contributed by atoms with van der Waals surface area (Å²) in [4.78, 5) is 20.0. The van der Waals surface area contributed by atoms with E-state index < -0.39 is 5.91 Å². The van der Waals surface area contributed by atoms with Crippen LogP contribution in [0.15, 0.2) is 29.0 Å². The number of amides is 1. The van der Waals surface area contributed by atoms with Crippen molar-refractivity contribution >= 4 is 44.9 Å². The molecule has 1 aromatic heterocycles. The Morgan fingerprint density at radius 1 is 1.40 bits per heavy atom. The first-order valence-electron chi connectivity index (χ1n) is 5.57. The first-order valence-corrected chi connectivity index (χ1v) is 6.74. The van der Waals surface area contributed by atoms with Crippen LogP contribution in [0.25, 0.3) is 0 Å². The fraction of sp³-hybridized carbons (Fsp3) is 0.0833. The summed E-state index contributed by atoms with van der Waals surface area (Å²) in [6, 6.07) is 3.48. The molecule has 2 aromatic rings. The number of nitrogens with one attached hydrogen (secondary N) is 2. The molecule has 4 N–H and O–H groups in total. The third-order valence-corrected chi connectivity index (χ3v) is 3.57. The maximum Gasteiger partial charge on any atom is 0.275 e. The van der Waals surface area contributed by atoms with Gasteiger partial charge in [0.2, 0.25) is 0 Å². The number of rotatable bonds is 3. The Hall–Kier alpha value is -1.70. The van der Waals surface area contributed by atoms with Crippen LogP contribution >= 0.6 is 27.5 Å². The fourth-order valence-electron chi connectivity index (χ4n) is 1.47. The van der Waals surface area contributed by atoms with Gasteiger partial charge in [0.15, 0.2) is 5.82 Å². The van der Waals surface area contributed by atoms with Crippen LogP contribution in [0.4, 0.5) is 11.5 Å². The fourth-order valence-corrected chi connectivity index (χ4v) is 2.19. The topological polar surface area (TPSA) is 92.9 Å². The smallest absolute Gasteiger partial charge is 0.275 e. The van der Waals surface area contributed by atoms with E-state index >= 15 is 0 Å². The molecule has 1 amide bonds. The normalized spacial score (nSPS) is 10.2. The molecule has 6 nitrogen and oxygen atoms in total. The molecular formula is C12H11BrClN5O. The molecule has 0 bridgehead atoms. The lowest BCUT2D eigenvalue weighted by Gasteiger charge is -2.09. The zero-order valence-electron chi connectivity index (χ0n) is 10.4. The number of halogens is 2. The number of nitrogens with zero attached hydrogens (tertiary/aromatic N) is 2. The third kappa shape index (κ3) is 3.24. The number of hydrazine groups is 1. The number of nitrogen functional groups attached to an aromatic ring is 1. The highest BCUT2D eigenvalue weighted by Crippen LogP contribution is 2.29. The van der Waals surface area contributed by atoms with Gasteiger partial charge >= 0.3 is 0 Å². The van der Waals surface area contributed by atoms with E-state index in [1.54, 1.807) is 6.07 Å². The van der Waals surface area contributed by atoms with Gasteiger partial charge in [-0.25, -0.2) is 10.8 Å². The third-order valence-electron chi connectivity index (χ3n) is 2.51. The van der Waals surface area contributed by atoms with Crippen LogP contribution in [0.5, 0.6) is 0 Å².